The molecule has 3 N–H and O–H groups in total. The van der Waals surface area contributed by atoms with Crippen molar-refractivity contribution in [2.75, 3.05) is 11.1 Å². The van der Waals surface area contributed by atoms with Gasteiger partial charge in [-0.25, -0.2) is 4.79 Å². The van der Waals surface area contributed by atoms with Gasteiger partial charge in [-0.3, -0.25) is 19.8 Å². The van der Waals surface area contributed by atoms with Crippen molar-refractivity contribution in [1.82, 2.24) is 15.8 Å². The normalized spacial score (nSPS) is 21.1. The molecule has 0 bridgehead atoms. The lowest BCUT2D eigenvalue weighted by Gasteiger charge is -2.22. The highest BCUT2D eigenvalue weighted by molar-refractivity contribution is 7.99. The Hall–Kier alpha value is -3.33. The predicted octanol–water partition coefficient (Wildman–Crippen LogP) is 2.23. The summed E-state index contributed by atoms with van der Waals surface area (Å²) in [5.41, 5.74) is 2.46. The number of carbonyl (C=O) groups excluding carboxylic acids is 4. The van der Waals surface area contributed by atoms with Gasteiger partial charge in [-0.05, 0) is 30.7 Å². The SMILES string of the molecule is CC1(c2ccccc2)NC(=O)N(NC(=O)c2ccc3c(c2)NC(=O)CCS3)C1=O. The Morgan fingerprint density at radius 3 is 2.66 bits per heavy atom. The summed E-state index contributed by atoms with van der Waals surface area (Å²) in [5, 5.41) is 6.08. The van der Waals surface area contributed by atoms with E-state index in [-0.39, 0.29) is 11.5 Å². The van der Waals surface area contributed by atoms with Crippen LogP contribution in [0.15, 0.2) is 53.4 Å². The Bertz CT molecular complexity index is 1030. The van der Waals surface area contributed by atoms with Crippen molar-refractivity contribution >= 4 is 41.2 Å². The zero-order valence-electron chi connectivity index (χ0n) is 15.5. The van der Waals surface area contributed by atoms with Crippen molar-refractivity contribution in [3.8, 4) is 0 Å². The molecule has 2 aliphatic rings. The van der Waals surface area contributed by atoms with E-state index in [2.05, 4.69) is 16.1 Å². The second-order valence-electron chi connectivity index (χ2n) is 6.86. The average Bonchev–Trinajstić information content (AvgIpc) is 2.85. The van der Waals surface area contributed by atoms with Crippen LogP contribution in [0, 0.1) is 0 Å². The predicted molar refractivity (Wildman–Crippen MR) is 107 cm³/mol. The summed E-state index contributed by atoms with van der Waals surface area (Å²) in [6.07, 6.45) is 0.390. The van der Waals surface area contributed by atoms with E-state index >= 15 is 0 Å². The lowest BCUT2D eigenvalue weighted by molar-refractivity contribution is -0.132. The van der Waals surface area contributed by atoms with Gasteiger partial charge in [0.25, 0.3) is 11.8 Å². The van der Waals surface area contributed by atoms with E-state index < -0.39 is 23.4 Å². The smallest absolute Gasteiger partial charge is 0.325 e. The molecule has 29 heavy (non-hydrogen) atoms. The molecule has 1 unspecified atom stereocenters. The number of nitrogens with one attached hydrogen (secondary N) is 3. The van der Waals surface area contributed by atoms with Crippen molar-refractivity contribution in [1.29, 1.82) is 0 Å². The molecule has 5 amide bonds. The van der Waals surface area contributed by atoms with Crippen molar-refractivity contribution in [3.63, 3.8) is 0 Å². The first-order chi connectivity index (χ1) is 13.9. The zero-order valence-corrected chi connectivity index (χ0v) is 16.3. The molecule has 0 spiro atoms. The third-order valence-corrected chi connectivity index (χ3v) is 5.93. The Balaban J connectivity index is 1.55. The van der Waals surface area contributed by atoms with Crippen LogP contribution in [0.5, 0.6) is 0 Å². The van der Waals surface area contributed by atoms with Crippen LogP contribution >= 0.6 is 11.8 Å². The van der Waals surface area contributed by atoms with E-state index in [9.17, 15) is 19.2 Å². The van der Waals surface area contributed by atoms with Crippen LogP contribution in [0.4, 0.5) is 10.5 Å². The van der Waals surface area contributed by atoms with Crippen LogP contribution in [0.2, 0.25) is 0 Å². The largest absolute Gasteiger partial charge is 0.344 e. The maximum Gasteiger partial charge on any atom is 0.344 e. The summed E-state index contributed by atoms with van der Waals surface area (Å²) >= 11 is 1.52. The van der Waals surface area contributed by atoms with Gasteiger partial charge in [0.1, 0.15) is 5.54 Å². The first-order valence-electron chi connectivity index (χ1n) is 8.98. The monoisotopic (exact) mass is 410 g/mol. The van der Waals surface area contributed by atoms with Crippen molar-refractivity contribution in [2.24, 2.45) is 0 Å². The molecule has 0 saturated carbocycles. The third kappa shape index (κ3) is 3.44. The lowest BCUT2D eigenvalue weighted by atomic mass is 9.92. The number of thioether (sulfide) groups is 1. The van der Waals surface area contributed by atoms with Gasteiger partial charge >= 0.3 is 6.03 Å². The molecule has 2 aromatic carbocycles. The van der Waals surface area contributed by atoms with E-state index in [4.69, 9.17) is 0 Å². The number of urea groups is 1. The van der Waals surface area contributed by atoms with Crippen molar-refractivity contribution < 1.29 is 19.2 Å². The second kappa shape index (κ2) is 7.25. The van der Waals surface area contributed by atoms with Crippen LogP contribution in [-0.4, -0.2) is 34.5 Å². The fraction of sp³-hybridized carbons (Fsp3) is 0.200. The maximum atomic E-state index is 12.9. The topological polar surface area (TPSA) is 108 Å². The number of rotatable bonds is 3. The average molecular weight is 410 g/mol. The highest BCUT2D eigenvalue weighted by Crippen LogP contribution is 2.32. The number of carbonyl (C=O) groups is 4. The minimum Gasteiger partial charge on any atom is -0.325 e. The number of imide groups is 1. The molecule has 1 fully saturated rings. The minimum atomic E-state index is -1.27. The molecule has 0 radical (unpaired) electrons. The summed E-state index contributed by atoms with van der Waals surface area (Å²) in [7, 11) is 0. The van der Waals surface area contributed by atoms with Crippen LogP contribution in [0.1, 0.15) is 29.3 Å². The fourth-order valence-electron chi connectivity index (χ4n) is 3.24. The van der Waals surface area contributed by atoms with E-state index in [1.165, 1.54) is 17.8 Å². The number of hydrogen-bond acceptors (Lipinski definition) is 5. The van der Waals surface area contributed by atoms with E-state index in [0.29, 0.717) is 28.4 Å². The highest BCUT2D eigenvalue weighted by atomic mass is 32.2. The first kappa shape index (κ1) is 19.0. The van der Waals surface area contributed by atoms with Gasteiger partial charge in [-0.15, -0.1) is 11.8 Å². The number of amides is 5. The number of fused-ring (bicyclic) bond motifs is 1. The van der Waals surface area contributed by atoms with Gasteiger partial charge in [0.15, 0.2) is 0 Å². The Labute approximate surface area is 171 Å². The fourth-order valence-corrected chi connectivity index (χ4v) is 4.17. The Kier molecular flexibility index (Phi) is 4.75. The first-order valence-corrected chi connectivity index (χ1v) is 9.97. The summed E-state index contributed by atoms with van der Waals surface area (Å²) in [6.45, 7) is 1.59. The van der Waals surface area contributed by atoms with Gasteiger partial charge in [-0.2, -0.15) is 5.01 Å². The molecule has 0 aromatic heterocycles. The lowest BCUT2D eigenvalue weighted by Crippen LogP contribution is -2.47. The molecular formula is C20H18N4O4S. The van der Waals surface area contributed by atoms with Gasteiger partial charge in [-0.1, -0.05) is 30.3 Å². The Morgan fingerprint density at radius 2 is 1.90 bits per heavy atom. The van der Waals surface area contributed by atoms with Crippen LogP contribution < -0.4 is 16.1 Å². The summed E-state index contributed by atoms with van der Waals surface area (Å²) in [4.78, 5) is 50.6. The van der Waals surface area contributed by atoms with Crippen molar-refractivity contribution in [3.05, 3.63) is 59.7 Å². The number of anilines is 1. The number of benzene rings is 2. The number of hydrogen-bond donors (Lipinski definition) is 3. The third-order valence-electron chi connectivity index (χ3n) is 4.86. The van der Waals surface area contributed by atoms with Gasteiger partial charge in [0.2, 0.25) is 5.91 Å². The molecule has 9 heteroatoms. The van der Waals surface area contributed by atoms with Crippen LogP contribution in [0.25, 0.3) is 0 Å². The molecule has 1 saturated heterocycles. The summed E-state index contributed by atoms with van der Waals surface area (Å²) < 4.78 is 0. The molecule has 1 atom stereocenters. The highest BCUT2D eigenvalue weighted by Gasteiger charge is 2.50. The molecule has 2 aliphatic heterocycles. The molecule has 0 aliphatic carbocycles. The van der Waals surface area contributed by atoms with Crippen LogP contribution in [-0.2, 0) is 15.1 Å². The Morgan fingerprint density at radius 1 is 1.14 bits per heavy atom. The molecule has 2 heterocycles. The standard InChI is InChI=1S/C20H18N4O4S/c1-20(13-5-3-2-4-6-13)18(27)24(19(28)22-20)23-17(26)12-7-8-15-14(11-12)21-16(25)9-10-29-15/h2-8,11H,9-10H2,1H3,(H,21,25)(H,22,28)(H,23,26). The molecule has 2 aromatic rings. The molecule has 148 valence electrons. The second-order valence-corrected chi connectivity index (χ2v) is 8.00. The molecule has 4 rings (SSSR count). The van der Waals surface area contributed by atoms with Crippen LogP contribution in [0.3, 0.4) is 0 Å². The summed E-state index contributed by atoms with van der Waals surface area (Å²) in [5.74, 6) is -0.676. The van der Waals surface area contributed by atoms with Gasteiger partial charge in [0.05, 0.1) is 5.69 Å². The van der Waals surface area contributed by atoms with E-state index in [1.807, 2.05) is 6.07 Å². The number of hydrazine groups is 1. The number of nitrogens with zero attached hydrogens (tertiary/aromatic N) is 1. The summed E-state index contributed by atoms with van der Waals surface area (Å²) in [6, 6.07) is 13.0. The molecule has 8 nitrogen and oxygen atoms in total. The van der Waals surface area contributed by atoms with Gasteiger partial charge < -0.3 is 10.6 Å². The van der Waals surface area contributed by atoms with E-state index in [0.717, 1.165) is 4.90 Å². The van der Waals surface area contributed by atoms with Gasteiger partial charge in [0, 0.05) is 22.6 Å². The molecular weight excluding hydrogens is 392 g/mol. The maximum absolute atomic E-state index is 12.9. The zero-order chi connectivity index (χ0) is 20.6. The van der Waals surface area contributed by atoms with Crippen molar-refractivity contribution in [2.45, 2.75) is 23.8 Å². The van der Waals surface area contributed by atoms with E-state index in [1.54, 1.807) is 43.3 Å². The quantitative estimate of drug-likeness (QED) is 0.673. The minimum absolute atomic E-state index is 0.124.